The Morgan fingerprint density at radius 2 is 2.04 bits per heavy atom. The Balaban J connectivity index is 1.59. The third-order valence-electron chi connectivity index (χ3n) is 3.64. The predicted molar refractivity (Wildman–Crippen MR) is 109 cm³/mol. The Hall–Kier alpha value is -2.51. The molecule has 4 N–H and O–H groups in total. The van der Waals surface area contributed by atoms with Crippen molar-refractivity contribution in [1.82, 2.24) is 15.6 Å². The molecule has 6 nitrogen and oxygen atoms in total. The summed E-state index contributed by atoms with van der Waals surface area (Å²) >= 11 is 5.21. The first kappa shape index (κ1) is 19.8. The van der Waals surface area contributed by atoms with Crippen LogP contribution in [0.4, 0.5) is 0 Å². The van der Waals surface area contributed by atoms with Crippen molar-refractivity contribution in [2.75, 3.05) is 19.7 Å². The van der Waals surface area contributed by atoms with Crippen molar-refractivity contribution in [3.63, 3.8) is 0 Å². The highest BCUT2D eigenvalue weighted by Gasteiger charge is 2.01. The van der Waals surface area contributed by atoms with Crippen LogP contribution in [0.2, 0.25) is 0 Å². The second-order valence-corrected chi connectivity index (χ2v) is 6.11. The summed E-state index contributed by atoms with van der Waals surface area (Å²) in [6.45, 7) is 4.26. The number of pyridine rings is 1. The number of hydrogen-bond acceptors (Lipinski definition) is 4. The minimum atomic E-state index is 0.278. The molecule has 1 heterocycles. The second kappa shape index (κ2) is 11.2. The van der Waals surface area contributed by atoms with E-state index in [1.807, 2.05) is 49.4 Å². The molecular weight excluding hydrogens is 346 g/mol. The number of aromatic nitrogens is 1. The fourth-order valence-electron chi connectivity index (χ4n) is 2.27. The van der Waals surface area contributed by atoms with Gasteiger partial charge < -0.3 is 21.1 Å². The summed E-state index contributed by atoms with van der Waals surface area (Å²) in [5.41, 5.74) is 9.18. The summed E-state index contributed by atoms with van der Waals surface area (Å²) in [5.74, 6) is 0.278. The molecule has 0 unspecified atom stereocenters. The number of nitrogens with zero attached hydrogens (tertiary/aromatic N) is 2. The van der Waals surface area contributed by atoms with Gasteiger partial charge in [0, 0.05) is 24.9 Å². The summed E-state index contributed by atoms with van der Waals surface area (Å²) in [6, 6.07) is 14.0. The van der Waals surface area contributed by atoms with Crippen LogP contribution in [-0.2, 0) is 17.8 Å². The Labute approximate surface area is 159 Å². The van der Waals surface area contributed by atoms with E-state index >= 15 is 0 Å². The lowest BCUT2D eigenvalue weighted by molar-refractivity contribution is 0.128. The van der Waals surface area contributed by atoms with Crippen molar-refractivity contribution in [2.45, 2.75) is 20.0 Å². The van der Waals surface area contributed by atoms with Crippen LogP contribution < -0.4 is 16.4 Å². The van der Waals surface area contributed by atoms with Gasteiger partial charge in [-0.05, 0) is 36.3 Å². The molecule has 1 aromatic carbocycles. The topological polar surface area (TPSA) is 84.6 Å². The molecule has 0 radical (unpaired) electrons. The van der Waals surface area contributed by atoms with Crippen LogP contribution in [0, 0.1) is 6.92 Å². The van der Waals surface area contributed by atoms with Crippen molar-refractivity contribution >= 4 is 23.3 Å². The first-order valence-corrected chi connectivity index (χ1v) is 8.93. The zero-order chi connectivity index (χ0) is 18.6. The molecule has 0 spiro atoms. The summed E-state index contributed by atoms with van der Waals surface area (Å²) < 4.78 is 5.55. The molecular formula is C19H25N5OS. The van der Waals surface area contributed by atoms with Gasteiger partial charge in [0.15, 0.2) is 11.1 Å². The van der Waals surface area contributed by atoms with Gasteiger partial charge in [-0.1, -0.05) is 36.4 Å². The highest BCUT2D eigenvalue weighted by molar-refractivity contribution is 7.80. The molecule has 0 amide bonds. The quantitative estimate of drug-likeness (QED) is 0.285. The van der Waals surface area contributed by atoms with Crippen molar-refractivity contribution in [1.29, 1.82) is 0 Å². The van der Waals surface area contributed by atoms with Gasteiger partial charge in [-0.15, -0.1) is 0 Å². The highest BCUT2D eigenvalue weighted by atomic mass is 32.1. The van der Waals surface area contributed by atoms with Gasteiger partial charge in [-0.2, -0.15) is 0 Å². The van der Waals surface area contributed by atoms with Crippen LogP contribution in [0.1, 0.15) is 16.8 Å². The molecule has 0 fully saturated rings. The molecule has 138 valence electrons. The number of hydrogen-bond donors (Lipinski definition) is 3. The molecule has 2 aromatic rings. The number of ether oxygens (including phenoxy) is 1. The maximum atomic E-state index is 5.82. The van der Waals surface area contributed by atoms with Crippen LogP contribution in [0.25, 0.3) is 0 Å². The summed E-state index contributed by atoms with van der Waals surface area (Å²) in [4.78, 5) is 8.54. The Morgan fingerprint density at radius 3 is 2.81 bits per heavy atom. The normalized spacial score (nSPS) is 11.2. The molecule has 0 aliphatic rings. The van der Waals surface area contributed by atoms with Gasteiger partial charge >= 0.3 is 0 Å². The zero-order valence-electron chi connectivity index (χ0n) is 14.9. The van der Waals surface area contributed by atoms with Crippen molar-refractivity contribution in [3.05, 3.63) is 65.5 Å². The number of nitrogens with one attached hydrogen (secondary N) is 2. The lowest BCUT2D eigenvalue weighted by Crippen LogP contribution is -2.44. The van der Waals surface area contributed by atoms with Gasteiger partial charge in [0.25, 0.3) is 0 Å². The highest BCUT2D eigenvalue weighted by Crippen LogP contribution is 2.03. The maximum absolute atomic E-state index is 5.82. The van der Waals surface area contributed by atoms with Gasteiger partial charge in [-0.3, -0.25) is 9.98 Å². The number of aryl methyl sites for hydroxylation is 1. The van der Waals surface area contributed by atoms with E-state index in [2.05, 4.69) is 20.6 Å². The number of aliphatic imine (C=N–C) groups is 1. The molecule has 1 aromatic heterocycles. The first-order valence-electron chi connectivity index (χ1n) is 8.52. The Morgan fingerprint density at radius 1 is 1.23 bits per heavy atom. The molecule has 2 rings (SSSR count). The van der Waals surface area contributed by atoms with E-state index in [9.17, 15) is 0 Å². The maximum Gasteiger partial charge on any atom is 0.194 e. The third kappa shape index (κ3) is 7.58. The molecule has 0 saturated heterocycles. The first-order chi connectivity index (χ1) is 12.6. The fourth-order valence-corrected chi connectivity index (χ4v) is 2.48. The number of guanidine groups is 1. The number of rotatable bonds is 8. The molecule has 0 aliphatic carbocycles. The van der Waals surface area contributed by atoms with Gasteiger partial charge in [0.2, 0.25) is 0 Å². The van der Waals surface area contributed by atoms with E-state index in [1.54, 1.807) is 6.20 Å². The molecule has 26 heavy (non-hydrogen) atoms. The van der Waals surface area contributed by atoms with Crippen LogP contribution >= 0.6 is 12.2 Å². The third-order valence-corrected chi connectivity index (χ3v) is 3.88. The van der Waals surface area contributed by atoms with Crippen LogP contribution in [0.5, 0.6) is 0 Å². The average molecular weight is 372 g/mol. The monoisotopic (exact) mass is 371 g/mol. The number of nitrogens with two attached hydrogens (primary N) is 1. The van der Waals surface area contributed by atoms with E-state index in [4.69, 9.17) is 22.7 Å². The van der Waals surface area contributed by atoms with Crippen molar-refractivity contribution in [2.24, 2.45) is 10.7 Å². The van der Waals surface area contributed by atoms with E-state index < -0.39 is 0 Å². The second-order valence-electron chi connectivity index (χ2n) is 5.70. The fraction of sp³-hybridized carbons (Fsp3) is 0.316. The Kier molecular flexibility index (Phi) is 8.51. The van der Waals surface area contributed by atoms with Crippen LogP contribution in [-0.4, -0.2) is 35.8 Å². The smallest absolute Gasteiger partial charge is 0.194 e. The van der Waals surface area contributed by atoms with Crippen molar-refractivity contribution < 1.29 is 4.74 Å². The van der Waals surface area contributed by atoms with Gasteiger partial charge in [0.05, 0.1) is 19.8 Å². The van der Waals surface area contributed by atoms with Crippen LogP contribution in [0.3, 0.4) is 0 Å². The number of thiocarbonyl (C=S) groups is 1. The predicted octanol–water partition coefficient (Wildman–Crippen LogP) is 1.93. The SMILES string of the molecule is Cc1cccnc1CCNC(=S)NC(N)=NCCOCc1ccccc1. The minimum absolute atomic E-state index is 0.278. The van der Waals surface area contributed by atoms with E-state index in [1.165, 1.54) is 5.56 Å². The molecule has 0 atom stereocenters. The largest absolute Gasteiger partial charge is 0.375 e. The van der Waals surface area contributed by atoms with E-state index in [-0.39, 0.29) is 5.96 Å². The van der Waals surface area contributed by atoms with Gasteiger partial charge in [-0.25, -0.2) is 0 Å². The standard InChI is InChI=1S/C19H25N5OS/c1-15-6-5-10-21-17(15)9-11-23-19(26)24-18(20)22-12-13-25-14-16-7-3-2-4-8-16/h2-8,10H,9,11-14H2,1H3,(H4,20,22,23,24,26). The lowest BCUT2D eigenvalue weighted by atomic mass is 10.2. The summed E-state index contributed by atoms with van der Waals surface area (Å²) in [6.07, 6.45) is 2.59. The molecule has 0 saturated carbocycles. The van der Waals surface area contributed by atoms with Gasteiger partial charge in [0.1, 0.15) is 0 Å². The average Bonchev–Trinajstić information content (AvgIpc) is 2.64. The van der Waals surface area contributed by atoms with E-state index in [0.29, 0.717) is 31.4 Å². The molecule has 0 bridgehead atoms. The van der Waals surface area contributed by atoms with Crippen LogP contribution in [0.15, 0.2) is 53.7 Å². The minimum Gasteiger partial charge on any atom is -0.375 e. The zero-order valence-corrected chi connectivity index (χ0v) is 15.8. The number of benzene rings is 1. The Bertz CT molecular complexity index is 721. The lowest BCUT2D eigenvalue weighted by Gasteiger charge is -2.10. The molecule has 7 heteroatoms. The van der Waals surface area contributed by atoms with E-state index in [0.717, 1.165) is 17.7 Å². The molecule has 0 aliphatic heterocycles. The summed E-state index contributed by atoms with van der Waals surface area (Å²) in [5, 5.41) is 6.41. The van der Waals surface area contributed by atoms with Crippen molar-refractivity contribution in [3.8, 4) is 0 Å². The summed E-state index contributed by atoms with van der Waals surface area (Å²) in [7, 11) is 0.